The van der Waals surface area contributed by atoms with Crippen LogP contribution in [0.5, 0.6) is 0 Å². The van der Waals surface area contributed by atoms with Gasteiger partial charge in [0.2, 0.25) is 0 Å². The molecule has 2 aromatic carbocycles. The molecule has 32 heavy (non-hydrogen) atoms. The lowest BCUT2D eigenvalue weighted by Gasteiger charge is -2.10. The second-order valence-electron chi connectivity index (χ2n) is 6.94. The first-order valence-corrected chi connectivity index (χ1v) is 11.3. The number of ether oxygens (including phenoxy) is 1. The molecule has 1 aromatic heterocycles. The lowest BCUT2D eigenvalue weighted by atomic mass is 10.1. The minimum Gasteiger partial charge on any atom is -0.465 e. The number of nitrogens with zero attached hydrogens (tertiary/aromatic N) is 2. The molecular formula is C21H18ClF3N2O4S. The van der Waals surface area contributed by atoms with Gasteiger partial charge in [0.1, 0.15) is 6.61 Å². The molecule has 1 heterocycles. The minimum atomic E-state index is -4.67. The van der Waals surface area contributed by atoms with Crippen LogP contribution >= 0.6 is 11.6 Å². The van der Waals surface area contributed by atoms with Gasteiger partial charge in [-0.1, -0.05) is 29.8 Å². The van der Waals surface area contributed by atoms with Crippen LogP contribution in [-0.4, -0.2) is 36.5 Å². The average Bonchev–Trinajstić information content (AvgIpc) is 3.16. The van der Waals surface area contributed by atoms with E-state index in [1.165, 1.54) is 37.3 Å². The molecule has 0 aliphatic carbocycles. The molecule has 0 atom stereocenters. The van der Waals surface area contributed by atoms with Crippen LogP contribution in [0, 0.1) is 6.92 Å². The van der Waals surface area contributed by atoms with Crippen molar-refractivity contribution in [1.82, 2.24) is 9.78 Å². The molecule has 6 nitrogen and oxygen atoms in total. The number of hydrogen-bond acceptors (Lipinski definition) is 5. The van der Waals surface area contributed by atoms with E-state index < -0.39 is 33.4 Å². The van der Waals surface area contributed by atoms with Gasteiger partial charge in [-0.25, -0.2) is 13.1 Å². The number of benzene rings is 2. The van der Waals surface area contributed by atoms with Crippen LogP contribution in [0.3, 0.4) is 0 Å². The molecule has 3 rings (SSSR count). The fraction of sp³-hybridized carbons (Fsp3) is 0.238. The lowest BCUT2D eigenvalue weighted by Crippen LogP contribution is -2.14. The number of hydrogen-bond donors (Lipinski definition) is 0. The van der Waals surface area contributed by atoms with E-state index in [1.54, 1.807) is 19.1 Å². The van der Waals surface area contributed by atoms with Crippen molar-refractivity contribution in [3.05, 3.63) is 64.8 Å². The van der Waals surface area contributed by atoms with Crippen molar-refractivity contribution in [2.75, 3.05) is 12.4 Å². The van der Waals surface area contributed by atoms with Crippen LogP contribution in [0.15, 0.2) is 53.4 Å². The summed E-state index contributed by atoms with van der Waals surface area (Å²) >= 11 is 6.13. The standard InChI is InChI=1S/C21H18ClF3N2O4S/c1-13-3-6-16(11-18(13)22)27-19(12-20(26-27)21(23,24)25)15-4-7-17(8-5-15)32(29,30)10-9-31-14(2)28/h3-8,11-12H,9-10H2,1-2H3. The highest BCUT2D eigenvalue weighted by Gasteiger charge is 2.35. The minimum absolute atomic E-state index is 0.0473. The number of halogens is 4. The van der Waals surface area contributed by atoms with Crippen molar-refractivity contribution < 1.29 is 31.1 Å². The molecule has 0 unspecified atom stereocenters. The third-order valence-corrected chi connectivity index (χ3v) is 6.67. The average molecular weight is 487 g/mol. The molecule has 0 aliphatic heterocycles. The summed E-state index contributed by atoms with van der Waals surface area (Å²) in [4.78, 5) is 10.8. The highest BCUT2D eigenvalue weighted by Crippen LogP contribution is 2.34. The predicted molar refractivity (Wildman–Crippen MR) is 112 cm³/mol. The maximum atomic E-state index is 13.3. The molecule has 0 N–H and O–H groups in total. The second kappa shape index (κ2) is 8.95. The lowest BCUT2D eigenvalue weighted by molar-refractivity contribution is -0.141. The van der Waals surface area contributed by atoms with Gasteiger partial charge in [0.15, 0.2) is 15.5 Å². The monoisotopic (exact) mass is 486 g/mol. The molecule has 0 spiro atoms. The van der Waals surface area contributed by atoms with Crippen LogP contribution in [0.25, 0.3) is 16.9 Å². The van der Waals surface area contributed by atoms with Crippen LogP contribution in [-0.2, 0) is 25.5 Å². The van der Waals surface area contributed by atoms with Crippen LogP contribution in [0.1, 0.15) is 18.2 Å². The number of aryl methyl sites for hydroxylation is 1. The zero-order valence-corrected chi connectivity index (χ0v) is 18.6. The number of esters is 1. The second-order valence-corrected chi connectivity index (χ2v) is 9.46. The normalized spacial score (nSPS) is 12.1. The molecule has 0 bridgehead atoms. The first-order chi connectivity index (χ1) is 14.9. The van der Waals surface area contributed by atoms with Gasteiger partial charge in [-0.15, -0.1) is 0 Å². The molecule has 0 radical (unpaired) electrons. The van der Waals surface area contributed by atoms with Gasteiger partial charge >= 0.3 is 12.1 Å². The molecule has 0 saturated carbocycles. The fourth-order valence-electron chi connectivity index (χ4n) is 2.88. The van der Waals surface area contributed by atoms with Crippen molar-refractivity contribution >= 4 is 27.4 Å². The summed E-state index contributed by atoms with van der Waals surface area (Å²) in [7, 11) is -3.74. The Morgan fingerprint density at radius 1 is 1.12 bits per heavy atom. The smallest absolute Gasteiger partial charge is 0.435 e. The Morgan fingerprint density at radius 3 is 2.34 bits per heavy atom. The molecule has 170 valence electrons. The molecule has 0 fully saturated rings. The number of carbonyl (C=O) groups is 1. The summed E-state index contributed by atoms with van der Waals surface area (Å²) in [5, 5.41) is 4.06. The molecule has 0 aliphatic rings. The molecule has 0 saturated heterocycles. The summed E-state index contributed by atoms with van der Waals surface area (Å²) in [6.07, 6.45) is -4.67. The van der Waals surface area contributed by atoms with Crippen molar-refractivity contribution in [2.45, 2.75) is 24.9 Å². The van der Waals surface area contributed by atoms with E-state index in [-0.39, 0.29) is 17.2 Å². The van der Waals surface area contributed by atoms with Gasteiger partial charge in [-0.05, 0) is 42.8 Å². The summed E-state index contributed by atoms with van der Waals surface area (Å²) in [5.41, 5.74) is 0.416. The van der Waals surface area contributed by atoms with Crippen molar-refractivity contribution in [1.29, 1.82) is 0 Å². The number of rotatable bonds is 6. The van der Waals surface area contributed by atoms with Gasteiger partial charge in [0, 0.05) is 17.5 Å². The highest BCUT2D eigenvalue weighted by atomic mass is 35.5. The van der Waals surface area contributed by atoms with Crippen LogP contribution in [0.2, 0.25) is 5.02 Å². The summed E-state index contributed by atoms with van der Waals surface area (Å²) in [6, 6.07) is 11.0. The zero-order valence-electron chi connectivity index (χ0n) is 17.0. The summed E-state index contributed by atoms with van der Waals surface area (Å²) < 4.78 is 70.5. The Kier molecular flexibility index (Phi) is 6.66. The maximum Gasteiger partial charge on any atom is 0.435 e. The van der Waals surface area contributed by atoms with E-state index in [2.05, 4.69) is 9.84 Å². The van der Waals surface area contributed by atoms with E-state index >= 15 is 0 Å². The molecule has 0 amide bonds. The number of carbonyl (C=O) groups excluding carboxylic acids is 1. The number of sulfone groups is 1. The maximum absolute atomic E-state index is 13.3. The van der Waals surface area contributed by atoms with Gasteiger partial charge in [0.05, 0.1) is 22.0 Å². The molecule has 3 aromatic rings. The Hall–Kier alpha value is -2.85. The first kappa shape index (κ1) is 23.8. The van der Waals surface area contributed by atoms with Crippen molar-refractivity contribution in [3.8, 4) is 16.9 Å². The summed E-state index contributed by atoms with van der Waals surface area (Å²) in [5.74, 6) is -1.01. The summed E-state index contributed by atoms with van der Waals surface area (Å²) in [6.45, 7) is 2.63. The third kappa shape index (κ3) is 5.31. The van der Waals surface area contributed by atoms with Gasteiger partial charge in [-0.3, -0.25) is 4.79 Å². The van der Waals surface area contributed by atoms with Gasteiger partial charge in [-0.2, -0.15) is 18.3 Å². The Balaban J connectivity index is 2.01. The van der Waals surface area contributed by atoms with Crippen molar-refractivity contribution in [2.24, 2.45) is 0 Å². The highest BCUT2D eigenvalue weighted by molar-refractivity contribution is 7.91. The Bertz CT molecular complexity index is 1250. The fourth-order valence-corrected chi connectivity index (χ4v) is 4.15. The van der Waals surface area contributed by atoms with Crippen LogP contribution < -0.4 is 0 Å². The number of alkyl halides is 3. The molecule has 11 heteroatoms. The Morgan fingerprint density at radius 2 is 1.78 bits per heavy atom. The van der Waals surface area contributed by atoms with E-state index in [0.29, 0.717) is 16.3 Å². The van der Waals surface area contributed by atoms with Crippen molar-refractivity contribution in [3.63, 3.8) is 0 Å². The SMILES string of the molecule is CC(=O)OCCS(=O)(=O)c1ccc(-c2cc(C(F)(F)F)nn2-c2ccc(C)c(Cl)c2)cc1. The zero-order chi connectivity index (χ0) is 23.7. The largest absolute Gasteiger partial charge is 0.465 e. The third-order valence-electron chi connectivity index (χ3n) is 4.57. The Labute approximate surface area is 187 Å². The molecular weight excluding hydrogens is 469 g/mol. The van der Waals surface area contributed by atoms with Crippen LogP contribution in [0.4, 0.5) is 13.2 Å². The van der Waals surface area contributed by atoms with Gasteiger partial charge in [0.25, 0.3) is 0 Å². The van der Waals surface area contributed by atoms with E-state index in [9.17, 15) is 26.4 Å². The van der Waals surface area contributed by atoms with E-state index in [4.69, 9.17) is 11.6 Å². The van der Waals surface area contributed by atoms with Gasteiger partial charge < -0.3 is 4.74 Å². The van der Waals surface area contributed by atoms with E-state index in [1.807, 2.05) is 0 Å². The first-order valence-electron chi connectivity index (χ1n) is 9.29. The topological polar surface area (TPSA) is 78.3 Å². The number of aromatic nitrogens is 2. The van der Waals surface area contributed by atoms with E-state index in [0.717, 1.165) is 16.3 Å². The quantitative estimate of drug-likeness (QED) is 0.465. The predicted octanol–water partition coefficient (Wildman–Crippen LogP) is 4.86.